The SMILES string of the molecule is CNC(=O)CC1CN=C(c2cc3cc(Oc4ccc(S(C)(=O)=O)cn4)cc(OC(C)C)c3[nH]2)S1. The summed E-state index contributed by atoms with van der Waals surface area (Å²) in [6.45, 7) is 4.46. The molecule has 3 heterocycles. The Morgan fingerprint density at radius 3 is 2.74 bits per heavy atom. The van der Waals surface area contributed by atoms with Gasteiger partial charge in [-0.15, -0.1) is 0 Å². The third-order valence-corrected chi connectivity index (χ3v) is 7.35. The average molecular weight is 503 g/mol. The number of aliphatic imine (C=N–C) groups is 1. The van der Waals surface area contributed by atoms with Crippen LogP contribution in [0.5, 0.6) is 17.4 Å². The standard InChI is InChI=1S/C23H26N4O5S2/c1-13(2)31-19-9-15(32-21-6-5-17(12-25-21)34(4,29)30)7-14-8-18(27-22(14)19)23-26-11-16(33-23)10-20(28)24-3/h5-9,12-13,16,27H,10-11H2,1-4H3,(H,24,28). The second kappa shape index (κ2) is 9.67. The van der Waals surface area contributed by atoms with Crippen molar-refractivity contribution in [1.82, 2.24) is 15.3 Å². The van der Waals surface area contributed by atoms with E-state index >= 15 is 0 Å². The summed E-state index contributed by atoms with van der Waals surface area (Å²) in [6.07, 6.45) is 2.76. The van der Waals surface area contributed by atoms with E-state index in [2.05, 4.69) is 20.3 Å². The molecule has 4 rings (SSSR count). The number of ether oxygens (including phenoxy) is 2. The number of hydrogen-bond donors (Lipinski definition) is 2. The first-order valence-corrected chi connectivity index (χ1v) is 13.5. The molecule has 11 heteroatoms. The van der Waals surface area contributed by atoms with Crippen molar-refractivity contribution in [3.63, 3.8) is 0 Å². The number of nitrogens with zero attached hydrogens (tertiary/aromatic N) is 2. The molecule has 1 aliphatic heterocycles. The van der Waals surface area contributed by atoms with Crippen LogP contribution in [0.25, 0.3) is 10.9 Å². The summed E-state index contributed by atoms with van der Waals surface area (Å²) in [5.41, 5.74) is 1.66. The Hall–Kier alpha value is -3.05. The molecule has 0 saturated carbocycles. The molecule has 0 fully saturated rings. The van der Waals surface area contributed by atoms with Gasteiger partial charge in [-0.05, 0) is 32.0 Å². The predicted molar refractivity (Wildman–Crippen MR) is 133 cm³/mol. The fourth-order valence-electron chi connectivity index (χ4n) is 3.45. The van der Waals surface area contributed by atoms with E-state index in [0.29, 0.717) is 24.5 Å². The lowest BCUT2D eigenvalue weighted by Gasteiger charge is -2.13. The average Bonchev–Trinajstić information content (AvgIpc) is 3.40. The van der Waals surface area contributed by atoms with E-state index in [0.717, 1.165) is 27.9 Å². The highest BCUT2D eigenvalue weighted by Gasteiger charge is 2.24. The molecule has 2 aromatic heterocycles. The van der Waals surface area contributed by atoms with Crippen molar-refractivity contribution in [2.24, 2.45) is 4.99 Å². The quantitative estimate of drug-likeness (QED) is 0.483. The molecule has 0 spiro atoms. The number of carbonyl (C=O) groups is 1. The highest BCUT2D eigenvalue weighted by atomic mass is 32.2. The van der Waals surface area contributed by atoms with Crippen LogP contribution in [-0.2, 0) is 14.6 Å². The van der Waals surface area contributed by atoms with Crippen molar-refractivity contribution in [2.45, 2.75) is 36.5 Å². The summed E-state index contributed by atoms with van der Waals surface area (Å²) in [5.74, 6) is 1.39. The van der Waals surface area contributed by atoms with E-state index in [1.54, 1.807) is 24.9 Å². The molecule has 0 radical (unpaired) electrons. The number of H-pyrrole nitrogens is 1. The molecule has 1 aromatic carbocycles. The Bertz CT molecular complexity index is 1350. The number of rotatable bonds is 8. The number of amides is 1. The molecule has 180 valence electrons. The van der Waals surface area contributed by atoms with Gasteiger partial charge in [0.15, 0.2) is 9.84 Å². The van der Waals surface area contributed by atoms with Crippen molar-refractivity contribution in [3.8, 4) is 17.4 Å². The van der Waals surface area contributed by atoms with E-state index in [9.17, 15) is 13.2 Å². The molecule has 3 aromatic rings. The smallest absolute Gasteiger partial charge is 0.220 e. The van der Waals surface area contributed by atoms with Crippen molar-refractivity contribution in [2.75, 3.05) is 19.8 Å². The Kier molecular flexibility index (Phi) is 6.85. The zero-order valence-corrected chi connectivity index (χ0v) is 20.9. The van der Waals surface area contributed by atoms with Crippen LogP contribution in [-0.4, -0.2) is 60.5 Å². The summed E-state index contributed by atoms with van der Waals surface area (Å²) < 4.78 is 35.3. The van der Waals surface area contributed by atoms with E-state index in [1.165, 1.54) is 18.3 Å². The van der Waals surface area contributed by atoms with Gasteiger partial charge in [0.05, 0.1) is 28.8 Å². The van der Waals surface area contributed by atoms with Crippen LogP contribution < -0.4 is 14.8 Å². The molecule has 1 aliphatic rings. The van der Waals surface area contributed by atoms with Crippen LogP contribution in [0.15, 0.2) is 46.4 Å². The summed E-state index contributed by atoms with van der Waals surface area (Å²) in [7, 11) is -1.70. The van der Waals surface area contributed by atoms with Gasteiger partial charge in [0.2, 0.25) is 11.8 Å². The lowest BCUT2D eigenvalue weighted by Crippen LogP contribution is -2.22. The molecule has 1 atom stereocenters. The number of sulfone groups is 1. The molecule has 1 amide bonds. The zero-order valence-electron chi connectivity index (χ0n) is 19.3. The van der Waals surface area contributed by atoms with Crippen molar-refractivity contribution in [1.29, 1.82) is 0 Å². The Morgan fingerprint density at radius 2 is 2.09 bits per heavy atom. The third-order valence-electron chi connectivity index (χ3n) is 5.03. The molecule has 2 N–H and O–H groups in total. The van der Waals surface area contributed by atoms with Gasteiger partial charge in [0.25, 0.3) is 0 Å². The number of fused-ring (bicyclic) bond motifs is 1. The molecular weight excluding hydrogens is 476 g/mol. The normalized spacial score (nSPS) is 16.0. The highest BCUT2D eigenvalue weighted by molar-refractivity contribution is 8.15. The van der Waals surface area contributed by atoms with Crippen LogP contribution in [0.3, 0.4) is 0 Å². The van der Waals surface area contributed by atoms with Gasteiger partial charge in [-0.2, -0.15) is 0 Å². The van der Waals surface area contributed by atoms with Crippen molar-refractivity contribution >= 4 is 43.5 Å². The highest BCUT2D eigenvalue weighted by Crippen LogP contribution is 2.36. The van der Waals surface area contributed by atoms with Gasteiger partial charge >= 0.3 is 0 Å². The minimum atomic E-state index is -3.34. The molecule has 0 aliphatic carbocycles. The van der Waals surface area contributed by atoms with E-state index in [-0.39, 0.29) is 28.0 Å². The summed E-state index contributed by atoms with van der Waals surface area (Å²) in [5, 5.41) is 4.48. The lowest BCUT2D eigenvalue weighted by molar-refractivity contribution is -0.120. The monoisotopic (exact) mass is 502 g/mol. The Balaban J connectivity index is 1.62. The van der Waals surface area contributed by atoms with Crippen LogP contribution >= 0.6 is 11.8 Å². The first kappa shape index (κ1) is 24.1. The maximum Gasteiger partial charge on any atom is 0.220 e. The number of hydrogen-bond acceptors (Lipinski definition) is 8. The number of nitrogens with one attached hydrogen (secondary N) is 2. The van der Waals surface area contributed by atoms with E-state index in [1.807, 2.05) is 26.0 Å². The van der Waals surface area contributed by atoms with Gasteiger partial charge in [-0.25, -0.2) is 13.4 Å². The molecule has 9 nitrogen and oxygen atoms in total. The minimum absolute atomic E-state index is 0.00168. The van der Waals surface area contributed by atoms with E-state index < -0.39 is 9.84 Å². The minimum Gasteiger partial charge on any atom is -0.489 e. The van der Waals surface area contributed by atoms with Gasteiger partial charge in [-0.1, -0.05) is 11.8 Å². The lowest BCUT2D eigenvalue weighted by atomic mass is 10.2. The zero-order chi connectivity index (χ0) is 24.5. The van der Waals surface area contributed by atoms with Crippen molar-refractivity contribution < 1.29 is 22.7 Å². The topological polar surface area (TPSA) is 123 Å². The van der Waals surface area contributed by atoms with E-state index in [4.69, 9.17) is 9.47 Å². The van der Waals surface area contributed by atoms with Crippen LogP contribution in [0.1, 0.15) is 26.0 Å². The second-order valence-corrected chi connectivity index (χ2v) is 11.5. The first-order chi connectivity index (χ1) is 16.1. The molecule has 1 unspecified atom stereocenters. The van der Waals surface area contributed by atoms with Crippen molar-refractivity contribution in [3.05, 3.63) is 42.2 Å². The molecule has 0 bridgehead atoms. The van der Waals surface area contributed by atoms with Gasteiger partial charge in [0, 0.05) is 48.7 Å². The third kappa shape index (κ3) is 5.53. The fourth-order valence-corrected chi connectivity index (χ4v) is 5.10. The second-order valence-electron chi connectivity index (χ2n) is 8.20. The Morgan fingerprint density at radius 1 is 1.29 bits per heavy atom. The van der Waals surface area contributed by atoms with Gasteiger partial charge in [-0.3, -0.25) is 9.79 Å². The Labute approximate surface area is 202 Å². The van der Waals surface area contributed by atoms with Gasteiger partial charge < -0.3 is 19.8 Å². The van der Waals surface area contributed by atoms with Crippen LogP contribution in [0.4, 0.5) is 0 Å². The van der Waals surface area contributed by atoms with Gasteiger partial charge in [0.1, 0.15) is 16.5 Å². The summed E-state index contributed by atoms with van der Waals surface area (Å²) >= 11 is 1.58. The molecule has 34 heavy (non-hydrogen) atoms. The maximum atomic E-state index is 11.7. The van der Waals surface area contributed by atoms with Crippen LogP contribution in [0.2, 0.25) is 0 Å². The number of aromatic amines is 1. The maximum absolute atomic E-state index is 11.7. The largest absolute Gasteiger partial charge is 0.489 e. The summed E-state index contributed by atoms with van der Waals surface area (Å²) in [6, 6.07) is 8.58. The fraction of sp³-hybridized carbons (Fsp3) is 0.348. The predicted octanol–water partition coefficient (Wildman–Crippen LogP) is 3.54. The number of benzene rings is 1. The molecular formula is C23H26N4O5S2. The number of thioether (sulfide) groups is 1. The number of aromatic nitrogens is 2. The van der Waals surface area contributed by atoms with Crippen LogP contribution in [0, 0.1) is 0 Å². The first-order valence-electron chi connectivity index (χ1n) is 10.7. The number of carbonyl (C=O) groups excluding carboxylic acids is 1. The molecule has 0 saturated heterocycles. The number of pyridine rings is 1. The summed E-state index contributed by atoms with van der Waals surface area (Å²) in [4.78, 5) is 24.0.